The van der Waals surface area contributed by atoms with Crippen molar-refractivity contribution in [3.63, 3.8) is 0 Å². The van der Waals surface area contributed by atoms with Gasteiger partial charge in [-0.3, -0.25) is 9.59 Å². The summed E-state index contributed by atoms with van der Waals surface area (Å²) in [6.45, 7) is 2.53. The summed E-state index contributed by atoms with van der Waals surface area (Å²) in [7, 11) is 0. The number of fused-ring (bicyclic) bond motifs is 9. The zero-order chi connectivity index (χ0) is 19.4. The first kappa shape index (κ1) is 19.7. The van der Waals surface area contributed by atoms with Crippen LogP contribution in [0.2, 0.25) is 0 Å². The predicted octanol–water partition coefficient (Wildman–Crippen LogP) is 4.58. The van der Waals surface area contributed by atoms with Gasteiger partial charge in [-0.25, -0.2) is 0 Å². The van der Waals surface area contributed by atoms with Crippen molar-refractivity contribution in [3.05, 3.63) is 10.1 Å². The van der Waals surface area contributed by atoms with E-state index in [4.69, 9.17) is 79.1 Å². The highest BCUT2D eigenvalue weighted by Crippen LogP contribution is 2.80. The van der Waals surface area contributed by atoms with E-state index < -0.39 is 50.1 Å². The fourth-order valence-corrected chi connectivity index (χ4v) is 8.71. The molecular formula is C16H14Cl6O4. The number of hydrogen-bond donors (Lipinski definition) is 0. The van der Waals surface area contributed by atoms with Crippen molar-refractivity contribution in [2.75, 3.05) is 0 Å². The Bertz CT molecular complexity index is 695. The lowest BCUT2D eigenvalue weighted by Crippen LogP contribution is -2.52. The maximum absolute atomic E-state index is 11.7. The normalized spacial score (nSPS) is 50.2. The Labute approximate surface area is 180 Å². The average Bonchev–Trinajstić information content (AvgIpc) is 3.02. The first-order valence-electron chi connectivity index (χ1n) is 8.03. The fourth-order valence-electron chi connectivity index (χ4n) is 5.63. The Morgan fingerprint density at radius 1 is 0.808 bits per heavy atom. The number of ether oxygens (including phenoxy) is 2. The molecule has 3 saturated carbocycles. The van der Waals surface area contributed by atoms with Crippen molar-refractivity contribution in [3.8, 4) is 0 Å². The standard InChI is InChI=1S/C16H14Cl6O4/c1-4(23)25-10-8-6-7(9(16(8,21)22)11(10)26-5(2)24)15(20)3-14(6,19)12(17)13(15)18/h6-11H,3H2,1-2H3/t6-,7+,8-,9+,10-,11-,14+,15-/m0/s1. The molecule has 4 nitrogen and oxygen atoms in total. The molecule has 0 aliphatic heterocycles. The van der Waals surface area contributed by atoms with E-state index in [9.17, 15) is 9.59 Å². The summed E-state index contributed by atoms with van der Waals surface area (Å²) < 4.78 is 9.58. The topological polar surface area (TPSA) is 52.6 Å². The Kier molecular flexibility index (Phi) is 4.35. The molecule has 4 bridgehead atoms. The molecule has 0 saturated heterocycles. The minimum Gasteiger partial charge on any atom is -0.458 e. The van der Waals surface area contributed by atoms with E-state index >= 15 is 0 Å². The summed E-state index contributed by atoms with van der Waals surface area (Å²) in [5, 5.41) is 0.554. The number of allylic oxidation sites excluding steroid dienone is 2. The third kappa shape index (κ3) is 2.18. The van der Waals surface area contributed by atoms with Gasteiger partial charge in [0.25, 0.3) is 0 Å². The van der Waals surface area contributed by atoms with Gasteiger partial charge in [-0.1, -0.05) is 23.2 Å². The second kappa shape index (κ2) is 5.73. The van der Waals surface area contributed by atoms with Gasteiger partial charge in [-0.15, -0.1) is 46.4 Å². The summed E-state index contributed by atoms with van der Waals surface area (Å²) in [5.74, 6) is -3.02. The van der Waals surface area contributed by atoms with Crippen LogP contribution < -0.4 is 0 Å². The van der Waals surface area contributed by atoms with E-state index in [0.29, 0.717) is 6.42 Å². The molecule has 0 aromatic heterocycles. The van der Waals surface area contributed by atoms with Gasteiger partial charge in [0.2, 0.25) is 0 Å². The number of carbonyl (C=O) groups excluding carboxylic acids is 2. The molecule has 26 heavy (non-hydrogen) atoms. The highest BCUT2D eigenvalue weighted by Gasteiger charge is 2.85. The molecule has 3 fully saturated rings. The van der Waals surface area contributed by atoms with Gasteiger partial charge in [0.15, 0.2) is 0 Å². The molecule has 4 rings (SSSR count). The van der Waals surface area contributed by atoms with Crippen molar-refractivity contribution in [1.29, 1.82) is 0 Å². The Morgan fingerprint density at radius 2 is 1.15 bits per heavy atom. The van der Waals surface area contributed by atoms with Crippen LogP contribution in [0.4, 0.5) is 0 Å². The largest absolute Gasteiger partial charge is 0.458 e. The molecule has 4 aliphatic carbocycles. The molecular weight excluding hydrogens is 469 g/mol. The van der Waals surface area contributed by atoms with Gasteiger partial charge < -0.3 is 9.47 Å². The molecule has 0 aromatic rings. The molecule has 0 radical (unpaired) electrons. The second-order valence-electron chi connectivity index (χ2n) is 7.46. The molecule has 4 aliphatic rings. The highest BCUT2D eigenvalue weighted by atomic mass is 35.5. The van der Waals surface area contributed by atoms with Crippen LogP contribution in [0.3, 0.4) is 0 Å². The second-order valence-corrected chi connectivity index (χ2v) is 11.0. The third-order valence-corrected chi connectivity index (χ3v) is 9.68. The van der Waals surface area contributed by atoms with E-state index in [0.717, 1.165) is 0 Å². The van der Waals surface area contributed by atoms with Crippen LogP contribution in [0.25, 0.3) is 0 Å². The zero-order valence-corrected chi connectivity index (χ0v) is 18.1. The highest BCUT2D eigenvalue weighted by molar-refractivity contribution is 6.52. The van der Waals surface area contributed by atoms with Crippen LogP contribution >= 0.6 is 69.6 Å². The molecule has 0 N–H and O–H groups in total. The Balaban J connectivity index is 1.87. The van der Waals surface area contributed by atoms with E-state index in [-0.39, 0.29) is 21.9 Å². The van der Waals surface area contributed by atoms with E-state index in [2.05, 4.69) is 0 Å². The van der Waals surface area contributed by atoms with Crippen LogP contribution in [-0.2, 0) is 19.1 Å². The third-order valence-electron chi connectivity index (χ3n) is 6.18. The number of carbonyl (C=O) groups is 2. The quantitative estimate of drug-likeness (QED) is 0.328. The SMILES string of the molecule is CC(=O)O[C@@H]1[C@@H](OC(C)=O)[C@H]2[C@H]3[C@@H]([C@@H]1C2(Cl)Cl)[C@]1(Cl)C[C@@]3(Cl)C(Cl)=C1Cl. The number of alkyl halides is 4. The lowest BCUT2D eigenvalue weighted by atomic mass is 9.70. The van der Waals surface area contributed by atoms with Gasteiger partial charge in [-0.2, -0.15) is 0 Å². The summed E-state index contributed by atoms with van der Waals surface area (Å²) in [4.78, 5) is 21.2. The summed E-state index contributed by atoms with van der Waals surface area (Å²) in [6.07, 6.45) is -1.36. The smallest absolute Gasteiger partial charge is 0.303 e. The number of esters is 2. The van der Waals surface area contributed by atoms with Crippen LogP contribution in [0.5, 0.6) is 0 Å². The monoisotopic (exact) mass is 480 g/mol. The van der Waals surface area contributed by atoms with Crippen molar-refractivity contribution in [2.24, 2.45) is 23.7 Å². The van der Waals surface area contributed by atoms with E-state index in [1.807, 2.05) is 0 Å². The minimum atomic E-state index is -1.37. The first-order valence-corrected chi connectivity index (χ1v) is 10.3. The predicted molar refractivity (Wildman–Crippen MR) is 100 cm³/mol. The summed E-state index contributed by atoms with van der Waals surface area (Å²) >= 11 is 40.1. The van der Waals surface area contributed by atoms with Crippen LogP contribution in [-0.4, -0.2) is 38.2 Å². The summed E-state index contributed by atoms with van der Waals surface area (Å²) in [6, 6.07) is 0. The van der Waals surface area contributed by atoms with Crippen LogP contribution in [0.15, 0.2) is 10.1 Å². The lowest BCUT2D eigenvalue weighted by Gasteiger charge is -2.44. The number of hydrogen-bond acceptors (Lipinski definition) is 4. The fraction of sp³-hybridized carbons (Fsp3) is 0.750. The van der Waals surface area contributed by atoms with Gasteiger partial charge in [0, 0.05) is 25.7 Å². The van der Waals surface area contributed by atoms with Gasteiger partial charge in [0.1, 0.15) is 16.5 Å². The van der Waals surface area contributed by atoms with Gasteiger partial charge >= 0.3 is 11.9 Å². The Morgan fingerprint density at radius 3 is 1.46 bits per heavy atom. The first-order chi connectivity index (χ1) is 11.9. The molecule has 10 heteroatoms. The molecule has 0 heterocycles. The summed E-state index contributed by atoms with van der Waals surface area (Å²) in [5.41, 5.74) is 0. The van der Waals surface area contributed by atoms with Crippen molar-refractivity contribution >= 4 is 81.5 Å². The molecule has 0 unspecified atom stereocenters. The molecule has 0 spiro atoms. The van der Waals surface area contributed by atoms with Crippen LogP contribution in [0.1, 0.15) is 20.3 Å². The molecule has 144 valence electrons. The maximum Gasteiger partial charge on any atom is 0.303 e. The van der Waals surface area contributed by atoms with E-state index in [1.165, 1.54) is 13.8 Å². The van der Waals surface area contributed by atoms with Gasteiger partial charge in [0.05, 0.1) is 19.8 Å². The minimum absolute atomic E-state index is 0.277. The molecule has 0 amide bonds. The molecule has 0 aromatic carbocycles. The van der Waals surface area contributed by atoms with E-state index in [1.54, 1.807) is 0 Å². The number of rotatable bonds is 2. The van der Waals surface area contributed by atoms with Crippen LogP contribution in [0, 0.1) is 23.7 Å². The van der Waals surface area contributed by atoms with Crippen molar-refractivity contribution < 1.29 is 19.1 Å². The Hall–Kier alpha value is 0.420. The van der Waals surface area contributed by atoms with Crippen molar-refractivity contribution in [1.82, 2.24) is 0 Å². The van der Waals surface area contributed by atoms with Gasteiger partial charge in [-0.05, 0) is 18.3 Å². The number of halogens is 6. The maximum atomic E-state index is 11.7. The lowest BCUT2D eigenvalue weighted by molar-refractivity contribution is -0.175. The molecule has 8 atom stereocenters. The van der Waals surface area contributed by atoms with Crippen molar-refractivity contribution in [2.45, 2.75) is 46.6 Å². The average molecular weight is 483 g/mol. The zero-order valence-electron chi connectivity index (χ0n) is 13.6.